The second-order valence-electron chi connectivity index (χ2n) is 6.50. The molecular weight excluding hydrogens is 302 g/mol. The number of benzene rings is 1. The second-order valence-corrected chi connectivity index (χ2v) is 6.50. The van der Waals surface area contributed by atoms with Crippen molar-refractivity contribution >= 4 is 5.91 Å². The Labute approximate surface area is 141 Å². The number of hydrogen-bond acceptors (Lipinski definition) is 4. The fraction of sp³-hybridized carbons (Fsp3) is 0.368. The molecule has 0 spiro atoms. The number of likely N-dealkylation sites (tertiary alicyclic amines) is 1. The molecule has 5 heteroatoms. The molecule has 1 aliphatic carbocycles. The first-order valence-corrected chi connectivity index (χ1v) is 8.51. The fourth-order valence-corrected chi connectivity index (χ4v) is 3.16. The molecule has 1 aromatic carbocycles. The summed E-state index contributed by atoms with van der Waals surface area (Å²) in [6, 6.07) is 11.9. The maximum Gasteiger partial charge on any atom is 0.251 e. The Morgan fingerprint density at radius 3 is 2.67 bits per heavy atom. The molecule has 1 aliphatic heterocycles. The Bertz CT molecular complexity index is 698. The van der Waals surface area contributed by atoms with Crippen LogP contribution in [-0.2, 0) is 0 Å². The first-order valence-electron chi connectivity index (χ1n) is 8.51. The minimum Gasteiger partial charge on any atom is -0.456 e. The lowest BCUT2D eigenvalue weighted by Crippen LogP contribution is -2.37. The van der Waals surface area contributed by atoms with Crippen LogP contribution in [0.5, 0.6) is 11.5 Å². The van der Waals surface area contributed by atoms with Crippen molar-refractivity contribution in [2.24, 2.45) is 0 Å². The minimum atomic E-state index is -0.00873. The average molecular weight is 323 g/mol. The van der Waals surface area contributed by atoms with E-state index in [0.29, 0.717) is 17.1 Å². The number of ether oxygens (including phenoxy) is 1. The van der Waals surface area contributed by atoms with Gasteiger partial charge in [0.25, 0.3) is 5.91 Å². The van der Waals surface area contributed by atoms with Gasteiger partial charge in [-0.15, -0.1) is 0 Å². The van der Waals surface area contributed by atoms with Crippen molar-refractivity contribution in [3.8, 4) is 11.5 Å². The van der Waals surface area contributed by atoms with Crippen molar-refractivity contribution < 1.29 is 9.53 Å². The highest BCUT2D eigenvalue weighted by Gasteiger charge is 2.34. The van der Waals surface area contributed by atoms with Crippen molar-refractivity contribution in [3.63, 3.8) is 0 Å². The van der Waals surface area contributed by atoms with Crippen LogP contribution in [0.3, 0.4) is 0 Å². The Morgan fingerprint density at radius 2 is 1.96 bits per heavy atom. The predicted octanol–water partition coefficient (Wildman–Crippen LogP) is 2.84. The van der Waals surface area contributed by atoms with E-state index in [-0.39, 0.29) is 11.9 Å². The Hall–Kier alpha value is -2.40. The molecule has 2 aliphatic rings. The third kappa shape index (κ3) is 3.57. The molecule has 2 aromatic rings. The second kappa shape index (κ2) is 6.61. The monoisotopic (exact) mass is 323 g/mol. The maximum atomic E-state index is 12.4. The van der Waals surface area contributed by atoms with E-state index in [1.54, 1.807) is 24.5 Å². The third-order valence-corrected chi connectivity index (χ3v) is 4.60. The Kier molecular flexibility index (Phi) is 4.17. The maximum absolute atomic E-state index is 12.4. The van der Waals surface area contributed by atoms with Gasteiger partial charge in [0.05, 0.1) is 6.20 Å². The normalized spacial score (nSPS) is 20.8. The predicted molar refractivity (Wildman–Crippen MR) is 91.2 cm³/mol. The van der Waals surface area contributed by atoms with E-state index in [2.05, 4.69) is 15.2 Å². The fourth-order valence-electron chi connectivity index (χ4n) is 3.16. The van der Waals surface area contributed by atoms with Crippen LogP contribution in [0.1, 0.15) is 29.6 Å². The van der Waals surface area contributed by atoms with E-state index in [1.165, 1.54) is 12.8 Å². The lowest BCUT2D eigenvalue weighted by molar-refractivity contribution is 0.0937. The highest BCUT2D eigenvalue weighted by atomic mass is 16.5. The molecule has 1 saturated heterocycles. The summed E-state index contributed by atoms with van der Waals surface area (Å²) < 4.78 is 5.69. The van der Waals surface area contributed by atoms with Gasteiger partial charge in [-0.05, 0) is 55.7 Å². The summed E-state index contributed by atoms with van der Waals surface area (Å²) in [5.74, 6) is 1.37. The van der Waals surface area contributed by atoms with Crippen LogP contribution in [0.4, 0.5) is 0 Å². The van der Waals surface area contributed by atoms with Crippen molar-refractivity contribution in [2.75, 3.05) is 13.1 Å². The first-order chi connectivity index (χ1) is 11.8. The van der Waals surface area contributed by atoms with Crippen LogP contribution >= 0.6 is 0 Å². The Morgan fingerprint density at radius 1 is 1.12 bits per heavy atom. The van der Waals surface area contributed by atoms with E-state index < -0.39 is 0 Å². The van der Waals surface area contributed by atoms with Gasteiger partial charge in [-0.25, -0.2) is 0 Å². The van der Waals surface area contributed by atoms with Crippen molar-refractivity contribution in [2.45, 2.75) is 31.3 Å². The molecule has 1 unspecified atom stereocenters. The van der Waals surface area contributed by atoms with Crippen LogP contribution in [0.2, 0.25) is 0 Å². The van der Waals surface area contributed by atoms with Crippen molar-refractivity contribution in [1.82, 2.24) is 15.2 Å². The molecule has 24 heavy (non-hydrogen) atoms. The zero-order valence-corrected chi connectivity index (χ0v) is 13.5. The minimum absolute atomic E-state index is 0.00873. The van der Waals surface area contributed by atoms with Crippen LogP contribution in [0.15, 0.2) is 48.8 Å². The summed E-state index contributed by atoms with van der Waals surface area (Å²) in [6.45, 7) is 2.09. The van der Waals surface area contributed by atoms with Gasteiger partial charge in [-0.1, -0.05) is 0 Å². The van der Waals surface area contributed by atoms with Gasteiger partial charge in [0.1, 0.15) is 11.5 Å². The molecular formula is C19H21N3O2. The average Bonchev–Trinajstić information content (AvgIpc) is 3.36. The number of nitrogens with zero attached hydrogens (tertiary/aromatic N) is 2. The topological polar surface area (TPSA) is 54.5 Å². The van der Waals surface area contributed by atoms with Gasteiger partial charge < -0.3 is 10.1 Å². The molecule has 0 radical (unpaired) electrons. The number of amides is 1. The lowest BCUT2D eigenvalue weighted by Gasteiger charge is -2.16. The molecule has 1 atom stereocenters. The molecule has 2 fully saturated rings. The Balaban J connectivity index is 1.33. The van der Waals surface area contributed by atoms with E-state index in [9.17, 15) is 4.79 Å². The standard InChI is InChI=1S/C19H21N3O2/c23-19(21-15-9-11-22(13-15)16-5-6-16)14-3-7-17(8-4-14)24-18-2-1-10-20-12-18/h1-4,7-8,10,12,15-16H,5-6,9,11,13H2,(H,21,23). The highest BCUT2D eigenvalue weighted by Crippen LogP contribution is 2.29. The number of aromatic nitrogens is 1. The quantitative estimate of drug-likeness (QED) is 0.919. The van der Waals surface area contributed by atoms with E-state index in [4.69, 9.17) is 4.74 Å². The van der Waals surface area contributed by atoms with Crippen LogP contribution in [0.25, 0.3) is 0 Å². The van der Waals surface area contributed by atoms with E-state index >= 15 is 0 Å². The largest absolute Gasteiger partial charge is 0.456 e. The molecule has 4 rings (SSSR count). The lowest BCUT2D eigenvalue weighted by atomic mass is 10.2. The summed E-state index contributed by atoms with van der Waals surface area (Å²) in [4.78, 5) is 18.9. The molecule has 5 nitrogen and oxygen atoms in total. The summed E-state index contributed by atoms with van der Waals surface area (Å²) in [5.41, 5.74) is 0.665. The smallest absolute Gasteiger partial charge is 0.251 e. The van der Waals surface area contributed by atoms with Gasteiger partial charge in [-0.2, -0.15) is 0 Å². The zero-order valence-electron chi connectivity index (χ0n) is 13.5. The van der Waals surface area contributed by atoms with Gasteiger partial charge in [0, 0.05) is 36.9 Å². The number of carbonyl (C=O) groups excluding carboxylic acids is 1. The van der Waals surface area contributed by atoms with Crippen molar-refractivity contribution in [3.05, 3.63) is 54.4 Å². The number of nitrogens with one attached hydrogen (secondary N) is 1. The van der Waals surface area contributed by atoms with Gasteiger partial charge in [0.2, 0.25) is 0 Å². The van der Waals surface area contributed by atoms with Crippen molar-refractivity contribution in [1.29, 1.82) is 0 Å². The first kappa shape index (κ1) is 15.1. The summed E-state index contributed by atoms with van der Waals surface area (Å²) in [5, 5.41) is 3.15. The van der Waals surface area contributed by atoms with Gasteiger partial charge >= 0.3 is 0 Å². The van der Waals surface area contributed by atoms with Crippen LogP contribution in [0, 0.1) is 0 Å². The number of hydrogen-bond donors (Lipinski definition) is 1. The number of rotatable bonds is 5. The van der Waals surface area contributed by atoms with Crippen LogP contribution < -0.4 is 10.1 Å². The molecule has 1 saturated carbocycles. The van der Waals surface area contributed by atoms with Crippen LogP contribution in [-0.4, -0.2) is 41.0 Å². The molecule has 1 aromatic heterocycles. The SMILES string of the molecule is O=C(NC1CCN(C2CC2)C1)c1ccc(Oc2cccnc2)cc1. The third-order valence-electron chi connectivity index (χ3n) is 4.60. The zero-order chi connectivity index (χ0) is 16.4. The molecule has 1 amide bonds. The number of pyridine rings is 1. The van der Waals surface area contributed by atoms with E-state index in [1.807, 2.05) is 24.3 Å². The summed E-state index contributed by atoms with van der Waals surface area (Å²) in [7, 11) is 0. The molecule has 0 bridgehead atoms. The summed E-state index contributed by atoms with van der Waals surface area (Å²) >= 11 is 0. The summed E-state index contributed by atoms with van der Waals surface area (Å²) in [6.07, 6.45) is 7.04. The van der Waals surface area contributed by atoms with E-state index in [0.717, 1.165) is 25.6 Å². The molecule has 1 N–H and O–H groups in total. The molecule has 2 heterocycles. The van der Waals surface area contributed by atoms with Gasteiger partial charge in [-0.3, -0.25) is 14.7 Å². The number of carbonyl (C=O) groups is 1. The molecule has 124 valence electrons. The van der Waals surface area contributed by atoms with Gasteiger partial charge in [0.15, 0.2) is 0 Å². The highest BCUT2D eigenvalue weighted by molar-refractivity contribution is 5.94.